The van der Waals surface area contributed by atoms with Gasteiger partial charge in [0, 0.05) is 27.1 Å². The van der Waals surface area contributed by atoms with Gasteiger partial charge in [-0.2, -0.15) is 0 Å². The molecule has 5 heteroatoms. The van der Waals surface area contributed by atoms with Crippen LogP contribution < -0.4 is 4.74 Å². The Balaban J connectivity index is 1.11. The van der Waals surface area contributed by atoms with E-state index in [4.69, 9.17) is 19.7 Å². The quantitative estimate of drug-likeness (QED) is 0.191. The highest BCUT2D eigenvalue weighted by molar-refractivity contribution is 7.18. The summed E-state index contributed by atoms with van der Waals surface area (Å²) in [6.07, 6.45) is 0. The Morgan fingerprint density at radius 3 is 1.55 bits per heavy atom. The van der Waals surface area contributed by atoms with Gasteiger partial charge in [0.25, 0.3) is 0 Å². The molecule has 2 aliphatic rings. The van der Waals surface area contributed by atoms with Gasteiger partial charge in [-0.15, -0.1) is 11.3 Å². The van der Waals surface area contributed by atoms with E-state index in [9.17, 15) is 0 Å². The van der Waals surface area contributed by atoms with E-state index in [1.54, 1.807) is 11.3 Å². The summed E-state index contributed by atoms with van der Waals surface area (Å²) >= 11 is 1.68. The van der Waals surface area contributed by atoms with Crippen LogP contribution in [0.2, 0.25) is 0 Å². The molecule has 230 valence electrons. The molecule has 4 nitrogen and oxygen atoms in total. The lowest BCUT2D eigenvalue weighted by atomic mass is 9.66. The lowest BCUT2D eigenvalue weighted by molar-refractivity contribution is 0.436. The van der Waals surface area contributed by atoms with Crippen LogP contribution in [0.5, 0.6) is 11.5 Å². The van der Waals surface area contributed by atoms with Crippen molar-refractivity contribution >= 4 is 11.3 Å². The number of ether oxygens (including phenoxy) is 1. The smallest absolute Gasteiger partial charge is 0.174 e. The second-order valence-corrected chi connectivity index (χ2v) is 13.4. The van der Waals surface area contributed by atoms with Crippen LogP contribution in [0, 0.1) is 0 Å². The maximum absolute atomic E-state index is 6.75. The maximum Gasteiger partial charge on any atom is 0.174 e. The molecule has 1 aliphatic heterocycles. The molecular weight excluding hydrogens is 619 g/mol. The number of thiophene rings is 1. The Kier molecular flexibility index (Phi) is 6.23. The molecular formula is C44H27N3OS. The van der Waals surface area contributed by atoms with Gasteiger partial charge in [0.05, 0.1) is 10.3 Å². The fraction of sp³-hybridized carbons (Fsp3) is 0.0227. The van der Waals surface area contributed by atoms with Crippen LogP contribution in [0.1, 0.15) is 22.3 Å². The van der Waals surface area contributed by atoms with Crippen molar-refractivity contribution in [3.63, 3.8) is 0 Å². The lowest BCUT2D eigenvalue weighted by Gasteiger charge is -2.39. The van der Waals surface area contributed by atoms with Crippen molar-refractivity contribution in [3.8, 4) is 66.5 Å². The van der Waals surface area contributed by atoms with Crippen LogP contribution in [-0.4, -0.2) is 15.0 Å². The van der Waals surface area contributed by atoms with Crippen LogP contribution in [-0.2, 0) is 5.41 Å². The molecule has 10 rings (SSSR count). The van der Waals surface area contributed by atoms with Crippen molar-refractivity contribution in [2.24, 2.45) is 0 Å². The average Bonchev–Trinajstić information content (AvgIpc) is 3.78. The summed E-state index contributed by atoms with van der Waals surface area (Å²) in [5, 5.41) is 0. The van der Waals surface area contributed by atoms with Gasteiger partial charge < -0.3 is 4.74 Å². The van der Waals surface area contributed by atoms with Crippen molar-refractivity contribution in [1.29, 1.82) is 0 Å². The molecule has 0 amide bonds. The number of para-hydroxylation sites is 1. The fourth-order valence-corrected chi connectivity index (χ4v) is 8.48. The third-order valence-electron chi connectivity index (χ3n) is 9.66. The molecule has 49 heavy (non-hydrogen) atoms. The van der Waals surface area contributed by atoms with Crippen molar-refractivity contribution in [3.05, 3.63) is 186 Å². The number of aromatic nitrogens is 3. The summed E-state index contributed by atoms with van der Waals surface area (Å²) in [7, 11) is 0. The number of hydrogen-bond acceptors (Lipinski definition) is 5. The molecule has 2 aromatic heterocycles. The van der Waals surface area contributed by atoms with Crippen LogP contribution in [0.15, 0.2) is 164 Å². The number of nitrogens with zero attached hydrogens (tertiary/aromatic N) is 3. The first-order valence-corrected chi connectivity index (χ1v) is 17.2. The summed E-state index contributed by atoms with van der Waals surface area (Å²) in [6.45, 7) is 0. The number of hydrogen-bond donors (Lipinski definition) is 0. The molecule has 0 saturated carbocycles. The van der Waals surface area contributed by atoms with E-state index < -0.39 is 5.41 Å². The van der Waals surface area contributed by atoms with Crippen LogP contribution in [0.25, 0.3) is 55.0 Å². The third kappa shape index (κ3) is 4.26. The fourth-order valence-electron chi connectivity index (χ4n) is 7.55. The zero-order chi connectivity index (χ0) is 32.4. The highest BCUT2D eigenvalue weighted by atomic mass is 32.1. The molecule has 0 unspecified atom stereocenters. The zero-order valence-corrected chi connectivity index (χ0v) is 27.1. The molecule has 0 fully saturated rings. The summed E-state index contributed by atoms with van der Waals surface area (Å²) in [5.41, 5.74) is 9.98. The van der Waals surface area contributed by atoms with E-state index in [0.29, 0.717) is 17.5 Å². The molecule has 0 atom stereocenters. The van der Waals surface area contributed by atoms with E-state index in [2.05, 4.69) is 103 Å². The lowest BCUT2D eigenvalue weighted by Crippen LogP contribution is -2.32. The zero-order valence-electron chi connectivity index (χ0n) is 26.2. The van der Waals surface area contributed by atoms with E-state index >= 15 is 0 Å². The standard InChI is InChI=1S/C44H27N3OS/c1-3-13-28(14-4-1)41-45-42(29-15-5-2-6-16-29)47-43(46-41)40-26-25-39(49-40)30-23-24-36-38(27-30)48-37-22-12-11-21-35(37)44(36)33-19-9-7-17-31(33)32-18-8-10-20-34(32)44/h1-27H. The van der Waals surface area contributed by atoms with Crippen LogP contribution >= 0.6 is 11.3 Å². The van der Waals surface area contributed by atoms with Gasteiger partial charge in [-0.25, -0.2) is 15.0 Å². The van der Waals surface area contributed by atoms with Crippen molar-refractivity contribution < 1.29 is 4.74 Å². The van der Waals surface area contributed by atoms with Gasteiger partial charge in [-0.1, -0.05) is 140 Å². The highest BCUT2D eigenvalue weighted by Gasteiger charge is 2.50. The first kappa shape index (κ1) is 27.9. The average molecular weight is 646 g/mol. The highest BCUT2D eigenvalue weighted by Crippen LogP contribution is 2.62. The molecule has 0 saturated heterocycles. The first-order valence-electron chi connectivity index (χ1n) is 16.4. The molecule has 0 radical (unpaired) electrons. The topological polar surface area (TPSA) is 47.9 Å². The third-order valence-corrected chi connectivity index (χ3v) is 10.8. The summed E-state index contributed by atoms with van der Waals surface area (Å²) in [4.78, 5) is 16.9. The predicted octanol–water partition coefficient (Wildman–Crippen LogP) is 11.1. The minimum atomic E-state index is -0.469. The Labute approximate surface area is 288 Å². The van der Waals surface area contributed by atoms with Gasteiger partial charge in [-0.05, 0) is 52.1 Å². The number of rotatable bonds is 4. The number of benzene rings is 6. The molecule has 8 aromatic rings. The van der Waals surface area contributed by atoms with E-state index in [0.717, 1.165) is 43.5 Å². The van der Waals surface area contributed by atoms with E-state index in [1.165, 1.54) is 27.8 Å². The van der Waals surface area contributed by atoms with E-state index in [-0.39, 0.29) is 0 Å². The van der Waals surface area contributed by atoms with Gasteiger partial charge >= 0.3 is 0 Å². The molecule has 3 heterocycles. The van der Waals surface area contributed by atoms with Crippen molar-refractivity contribution in [2.45, 2.75) is 5.41 Å². The Morgan fingerprint density at radius 2 is 0.898 bits per heavy atom. The monoisotopic (exact) mass is 645 g/mol. The molecule has 0 N–H and O–H groups in total. The largest absolute Gasteiger partial charge is 0.457 e. The van der Waals surface area contributed by atoms with E-state index in [1.807, 2.05) is 60.7 Å². The van der Waals surface area contributed by atoms with Gasteiger partial charge in [0.15, 0.2) is 17.5 Å². The SMILES string of the molecule is c1ccc(-c2nc(-c3ccccc3)nc(-c3ccc(-c4ccc5c(c4)Oc4ccccc4C54c5ccccc5-c5ccccc54)s3)n2)cc1. The number of fused-ring (bicyclic) bond motifs is 9. The van der Waals surface area contributed by atoms with Crippen molar-refractivity contribution in [1.82, 2.24) is 15.0 Å². The van der Waals surface area contributed by atoms with Crippen LogP contribution in [0.4, 0.5) is 0 Å². The minimum Gasteiger partial charge on any atom is -0.457 e. The molecule has 1 spiro atoms. The summed E-state index contributed by atoms with van der Waals surface area (Å²) < 4.78 is 6.75. The summed E-state index contributed by atoms with van der Waals surface area (Å²) in [5.74, 6) is 3.73. The predicted molar refractivity (Wildman–Crippen MR) is 197 cm³/mol. The van der Waals surface area contributed by atoms with Crippen LogP contribution in [0.3, 0.4) is 0 Å². The minimum absolute atomic E-state index is 0.469. The second-order valence-electron chi connectivity index (χ2n) is 12.4. The van der Waals surface area contributed by atoms with Gasteiger partial charge in [0.1, 0.15) is 11.5 Å². The Morgan fingerprint density at radius 1 is 0.388 bits per heavy atom. The molecule has 0 bridgehead atoms. The van der Waals surface area contributed by atoms with Crippen molar-refractivity contribution in [2.75, 3.05) is 0 Å². The normalized spacial score (nSPS) is 13.2. The first-order chi connectivity index (χ1) is 24.3. The molecule has 1 aliphatic carbocycles. The Bertz CT molecular complexity index is 2440. The maximum atomic E-state index is 6.75. The second kappa shape index (κ2) is 10.9. The summed E-state index contributed by atoms with van der Waals surface area (Å²) in [6, 6.07) is 57.3. The Hall–Kier alpha value is -6.17. The van der Waals surface area contributed by atoms with Gasteiger partial charge in [-0.3, -0.25) is 0 Å². The van der Waals surface area contributed by atoms with Gasteiger partial charge in [0.2, 0.25) is 0 Å². The molecule has 6 aromatic carbocycles.